The van der Waals surface area contributed by atoms with Crippen LogP contribution in [0.1, 0.15) is 29.3 Å². The summed E-state index contributed by atoms with van der Waals surface area (Å²) in [6.45, 7) is 8.98. The van der Waals surface area contributed by atoms with Crippen molar-refractivity contribution in [3.63, 3.8) is 0 Å². The van der Waals surface area contributed by atoms with Crippen LogP contribution in [-0.4, -0.2) is 36.1 Å². The molecule has 1 aliphatic heterocycles. The van der Waals surface area contributed by atoms with E-state index in [1.807, 2.05) is 17.5 Å². The van der Waals surface area contributed by atoms with Crippen LogP contribution in [0.2, 0.25) is 0 Å². The van der Waals surface area contributed by atoms with Crippen LogP contribution in [0.4, 0.5) is 0 Å². The van der Waals surface area contributed by atoms with Crippen LogP contribution in [0, 0.1) is 6.92 Å². The van der Waals surface area contributed by atoms with Gasteiger partial charge in [-0.1, -0.05) is 0 Å². The maximum Gasteiger partial charge on any atom is 0.110 e. The molecule has 0 spiro atoms. The van der Waals surface area contributed by atoms with E-state index in [2.05, 4.69) is 29.0 Å². The minimum absolute atomic E-state index is 0.476. The molecule has 2 rings (SSSR count). The van der Waals surface area contributed by atoms with Crippen molar-refractivity contribution in [2.45, 2.75) is 26.3 Å². The zero-order valence-corrected chi connectivity index (χ0v) is 10.3. The normalized spacial score (nSPS) is 21.2. The first-order valence-electron chi connectivity index (χ1n) is 5.64. The fraction of sp³-hybridized carbons (Fsp3) is 0.727. The Balaban J connectivity index is 2.02. The van der Waals surface area contributed by atoms with Crippen molar-refractivity contribution in [2.75, 3.05) is 26.2 Å². The van der Waals surface area contributed by atoms with Gasteiger partial charge in [-0.3, -0.25) is 4.90 Å². The lowest BCUT2D eigenvalue weighted by molar-refractivity contribution is 0.225. The Hall–Kier alpha value is -0.450. The topological polar surface area (TPSA) is 28.2 Å². The van der Waals surface area contributed by atoms with E-state index in [9.17, 15) is 0 Å². The van der Waals surface area contributed by atoms with E-state index >= 15 is 0 Å². The van der Waals surface area contributed by atoms with Crippen molar-refractivity contribution >= 4 is 11.3 Å². The van der Waals surface area contributed by atoms with Gasteiger partial charge in [0.1, 0.15) is 5.01 Å². The minimum atomic E-state index is 0.476. The zero-order chi connectivity index (χ0) is 10.7. The van der Waals surface area contributed by atoms with Gasteiger partial charge in [0.15, 0.2) is 0 Å². The molecule has 1 unspecified atom stereocenters. The van der Waals surface area contributed by atoms with Crippen molar-refractivity contribution < 1.29 is 0 Å². The summed E-state index contributed by atoms with van der Waals surface area (Å²) in [5.41, 5.74) is 0. The fourth-order valence-corrected chi connectivity index (χ4v) is 2.84. The van der Waals surface area contributed by atoms with Crippen molar-refractivity contribution in [3.8, 4) is 0 Å². The first-order valence-corrected chi connectivity index (χ1v) is 6.46. The predicted octanol–water partition coefficient (Wildman–Crippen LogP) is 1.81. The van der Waals surface area contributed by atoms with Gasteiger partial charge >= 0.3 is 0 Å². The molecule has 0 aliphatic carbocycles. The number of nitrogens with zero attached hydrogens (tertiary/aromatic N) is 2. The van der Waals surface area contributed by atoms with E-state index in [-0.39, 0.29) is 0 Å². The Morgan fingerprint density at radius 3 is 3.07 bits per heavy atom. The van der Waals surface area contributed by atoms with Crippen LogP contribution in [0.25, 0.3) is 0 Å². The molecule has 0 bridgehead atoms. The number of rotatable bonds is 2. The molecular formula is C11H19N3S. The molecule has 0 saturated carbocycles. The SMILES string of the molecule is Cc1cnc(C(C)N2CCCNCC2)s1. The Morgan fingerprint density at radius 1 is 1.47 bits per heavy atom. The summed E-state index contributed by atoms with van der Waals surface area (Å²) >= 11 is 1.82. The summed E-state index contributed by atoms with van der Waals surface area (Å²) in [4.78, 5) is 8.31. The van der Waals surface area contributed by atoms with E-state index in [0.29, 0.717) is 6.04 Å². The number of hydrogen-bond acceptors (Lipinski definition) is 4. The second-order valence-electron chi connectivity index (χ2n) is 4.12. The van der Waals surface area contributed by atoms with Crippen LogP contribution in [-0.2, 0) is 0 Å². The van der Waals surface area contributed by atoms with E-state index in [4.69, 9.17) is 0 Å². The van der Waals surface area contributed by atoms with Gasteiger partial charge in [0.2, 0.25) is 0 Å². The summed E-state index contributed by atoms with van der Waals surface area (Å²) in [6, 6.07) is 0.476. The number of nitrogens with one attached hydrogen (secondary N) is 1. The van der Waals surface area contributed by atoms with Crippen molar-refractivity contribution in [3.05, 3.63) is 16.1 Å². The molecule has 0 aromatic carbocycles. The predicted molar refractivity (Wildman–Crippen MR) is 64.3 cm³/mol. The highest BCUT2D eigenvalue weighted by atomic mass is 32.1. The van der Waals surface area contributed by atoms with Gasteiger partial charge in [-0.2, -0.15) is 0 Å². The van der Waals surface area contributed by atoms with Crippen molar-refractivity contribution in [1.82, 2.24) is 15.2 Å². The van der Waals surface area contributed by atoms with E-state index in [1.165, 1.54) is 22.9 Å². The van der Waals surface area contributed by atoms with Gasteiger partial charge in [-0.05, 0) is 26.8 Å². The smallest absolute Gasteiger partial charge is 0.110 e. The molecule has 1 saturated heterocycles. The third kappa shape index (κ3) is 2.77. The van der Waals surface area contributed by atoms with Crippen LogP contribution in [0.5, 0.6) is 0 Å². The first kappa shape index (κ1) is 11.0. The summed E-state index contributed by atoms with van der Waals surface area (Å²) in [7, 11) is 0. The monoisotopic (exact) mass is 225 g/mol. The maximum absolute atomic E-state index is 4.48. The highest BCUT2D eigenvalue weighted by molar-refractivity contribution is 7.11. The molecule has 4 heteroatoms. The standard InChI is InChI=1S/C11H19N3S/c1-9-8-13-11(15-9)10(2)14-6-3-4-12-5-7-14/h8,10,12H,3-7H2,1-2H3. The first-order chi connectivity index (χ1) is 7.27. The molecule has 1 fully saturated rings. The molecule has 2 heterocycles. The molecule has 1 atom stereocenters. The molecule has 1 aromatic heterocycles. The third-order valence-electron chi connectivity index (χ3n) is 2.92. The molecule has 0 amide bonds. The number of aryl methyl sites for hydroxylation is 1. The third-order valence-corrected chi connectivity index (χ3v) is 4.00. The van der Waals surface area contributed by atoms with Crippen LogP contribution < -0.4 is 5.32 Å². The van der Waals surface area contributed by atoms with Crippen molar-refractivity contribution in [1.29, 1.82) is 0 Å². The van der Waals surface area contributed by atoms with E-state index in [0.717, 1.165) is 19.6 Å². The molecule has 3 nitrogen and oxygen atoms in total. The number of aromatic nitrogens is 1. The average molecular weight is 225 g/mol. The number of hydrogen-bond donors (Lipinski definition) is 1. The Morgan fingerprint density at radius 2 is 2.33 bits per heavy atom. The average Bonchev–Trinajstić information content (AvgIpc) is 2.53. The largest absolute Gasteiger partial charge is 0.315 e. The summed E-state index contributed by atoms with van der Waals surface area (Å²) in [6.07, 6.45) is 3.22. The molecule has 1 N–H and O–H groups in total. The molecule has 15 heavy (non-hydrogen) atoms. The Kier molecular flexibility index (Phi) is 3.72. The van der Waals surface area contributed by atoms with Crippen LogP contribution in [0.15, 0.2) is 6.20 Å². The number of thiazole rings is 1. The highest BCUT2D eigenvalue weighted by Crippen LogP contribution is 2.24. The molecule has 1 aliphatic rings. The molecular weight excluding hydrogens is 206 g/mol. The highest BCUT2D eigenvalue weighted by Gasteiger charge is 2.19. The second-order valence-corrected chi connectivity index (χ2v) is 5.39. The second kappa shape index (κ2) is 5.05. The molecule has 0 radical (unpaired) electrons. The van der Waals surface area contributed by atoms with Gasteiger partial charge in [-0.15, -0.1) is 11.3 Å². The lowest BCUT2D eigenvalue weighted by atomic mass is 10.2. The van der Waals surface area contributed by atoms with Gasteiger partial charge in [0, 0.05) is 30.7 Å². The lowest BCUT2D eigenvalue weighted by Crippen LogP contribution is -2.30. The van der Waals surface area contributed by atoms with Crippen LogP contribution in [0.3, 0.4) is 0 Å². The quantitative estimate of drug-likeness (QED) is 0.832. The van der Waals surface area contributed by atoms with Gasteiger partial charge < -0.3 is 5.32 Å². The lowest BCUT2D eigenvalue weighted by Gasteiger charge is -2.25. The van der Waals surface area contributed by atoms with Gasteiger partial charge in [-0.25, -0.2) is 4.98 Å². The fourth-order valence-electron chi connectivity index (χ4n) is 1.98. The van der Waals surface area contributed by atoms with E-state index in [1.54, 1.807) is 0 Å². The van der Waals surface area contributed by atoms with Gasteiger partial charge in [0.05, 0.1) is 6.04 Å². The van der Waals surface area contributed by atoms with Crippen molar-refractivity contribution in [2.24, 2.45) is 0 Å². The maximum atomic E-state index is 4.48. The minimum Gasteiger partial charge on any atom is -0.315 e. The molecule has 1 aromatic rings. The zero-order valence-electron chi connectivity index (χ0n) is 9.49. The van der Waals surface area contributed by atoms with Crippen LogP contribution >= 0.6 is 11.3 Å². The summed E-state index contributed by atoms with van der Waals surface area (Å²) in [5, 5.41) is 4.69. The summed E-state index contributed by atoms with van der Waals surface area (Å²) < 4.78 is 0. The Bertz CT molecular complexity index is 303. The van der Waals surface area contributed by atoms with E-state index < -0.39 is 0 Å². The molecule has 84 valence electrons. The Labute approximate surface area is 95.5 Å². The van der Waals surface area contributed by atoms with Gasteiger partial charge in [0.25, 0.3) is 0 Å². The summed E-state index contributed by atoms with van der Waals surface area (Å²) in [5.74, 6) is 0.